The Kier molecular flexibility index (Phi) is 3.21. The molecule has 24 heavy (non-hydrogen) atoms. The van der Waals surface area contributed by atoms with Crippen LogP contribution in [0.2, 0.25) is 0 Å². The first-order valence-electron chi connectivity index (χ1n) is 7.80. The molecule has 4 rings (SSSR count). The Bertz CT molecular complexity index is 1090. The van der Waals surface area contributed by atoms with Gasteiger partial charge in [-0.15, -0.1) is 0 Å². The quantitative estimate of drug-likeness (QED) is 0.550. The standard InChI is InChI=1S/C20H16N4/c1-14-12-19(23(2)15-8-4-3-5-9-15)24-18-11-7-6-10-17(18)22-20(24)16(14)13-21/h3-12H,1-2H3. The van der Waals surface area contributed by atoms with Gasteiger partial charge in [0.1, 0.15) is 11.9 Å². The number of anilines is 2. The minimum absolute atomic E-state index is 0.622. The molecule has 0 aliphatic heterocycles. The van der Waals surface area contributed by atoms with Crippen LogP contribution in [0.5, 0.6) is 0 Å². The number of fused-ring (bicyclic) bond motifs is 3. The lowest BCUT2D eigenvalue weighted by molar-refractivity contribution is 1.08. The summed E-state index contributed by atoms with van der Waals surface area (Å²) in [5.41, 5.74) is 5.23. The van der Waals surface area contributed by atoms with Crippen molar-refractivity contribution in [2.45, 2.75) is 6.92 Å². The van der Waals surface area contributed by atoms with Gasteiger partial charge < -0.3 is 4.90 Å². The number of nitriles is 1. The molecule has 0 saturated heterocycles. The fraction of sp³-hybridized carbons (Fsp3) is 0.100. The number of aryl methyl sites for hydroxylation is 1. The molecule has 2 aromatic heterocycles. The molecular weight excluding hydrogens is 296 g/mol. The van der Waals surface area contributed by atoms with Crippen molar-refractivity contribution in [2.24, 2.45) is 0 Å². The second-order valence-electron chi connectivity index (χ2n) is 5.83. The smallest absolute Gasteiger partial charge is 0.157 e. The zero-order chi connectivity index (χ0) is 16.7. The van der Waals surface area contributed by atoms with Gasteiger partial charge in [-0.3, -0.25) is 4.40 Å². The number of benzene rings is 2. The molecule has 4 heteroatoms. The summed E-state index contributed by atoms with van der Waals surface area (Å²) >= 11 is 0. The highest BCUT2D eigenvalue weighted by Gasteiger charge is 2.17. The summed E-state index contributed by atoms with van der Waals surface area (Å²) in [7, 11) is 2.03. The number of imidazole rings is 1. The Hall–Kier alpha value is -3.32. The molecule has 116 valence electrons. The zero-order valence-electron chi connectivity index (χ0n) is 13.6. The molecule has 0 atom stereocenters. The highest BCUT2D eigenvalue weighted by Crippen LogP contribution is 2.31. The van der Waals surface area contributed by atoms with E-state index in [0.29, 0.717) is 11.2 Å². The molecule has 0 radical (unpaired) electrons. The number of hydrogen-bond acceptors (Lipinski definition) is 3. The van der Waals surface area contributed by atoms with E-state index in [1.54, 1.807) is 0 Å². The minimum Gasteiger partial charge on any atom is -0.331 e. The lowest BCUT2D eigenvalue weighted by Gasteiger charge is -2.22. The van der Waals surface area contributed by atoms with Crippen LogP contribution in [0.3, 0.4) is 0 Å². The van der Waals surface area contributed by atoms with E-state index in [9.17, 15) is 5.26 Å². The molecule has 0 amide bonds. The molecular formula is C20H16N4. The van der Waals surface area contributed by atoms with E-state index in [1.165, 1.54) is 0 Å². The molecule has 0 unspecified atom stereocenters. The molecule has 0 N–H and O–H groups in total. The normalized spacial score (nSPS) is 10.9. The predicted octanol–water partition coefficient (Wildman–Crippen LogP) is 4.44. The van der Waals surface area contributed by atoms with E-state index >= 15 is 0 Å². The predicted molar refractivity (Wildman–Crippen MR) is 96.7 cm³/mol. The average molecular weight is 312 g/mol. The maximum atomic E-state index is 9.57. The molecule has 2 heterocycles. The SMILES string of the molecule is Cc1cc(N(C)c2ccccc2)n2c(nc3ccccc32)c1C#N. The zero-order valence-corrected chi connectivity index (χ0v) is 13.6. The van der Waals surface area contributed by atoms with Crippen molar-refractivity contribution >= 4 is 28.2 Å². The molecule has 0 aliphatic carbocycles. The van der Waals surface area contributed by atoms with Crippen LogP contribution < -0.4 is 4.90 Å². The van der Waals surface area contributed by atoms with Crippen LogP contribution in [-0.4, -0.2) is 16.4 Å². The van der Waals surface area contributed by atoms with Gasteiger partial charge in [0.05, 0.1) is 16.6 Å². The summed E-state index contributed by atoms with van der Waals surface area (Å²) in [5, 5.41) is 9.57. The van der Waals surface area contributed by atoms with Crippen molar-refractivity contribution in [3.05, 3.63) is 71.8 Å². The van der Waals surface area contributed by atoms with Crippen molar-refractivity contribution in [1.82, 2.24) is 9.38 Å². The number of rotatable bonds is 2. The van der Waals surface area contributed by atoms with Crippen LogP contribution >= 0.6 is 0 Å². The van der Waals surface area contributed by atoms with Gasteiger partial charge in [-0.25, -0.2) is 4.98 Å². The fourth-order valence-electron chi connectivity index (χ4n) is 3.10. The monoisotopic (exact) mass is 312 g/mol. The summed E-state index contributed by atoms with van der Waals surface area (Å²) in [6, 6.07) is 22.5. The van der Waals surface area contributed by atoms with Crippen LogP contribution in [0, 0.1) is 18.3 Å². The Labute approximate surface area is 140 Å². The summed E-state index contributed by atoms with van der Waals surface area (Å²) in [4.78, 5) is 6.82. The molecule has 0 fully saturated rings. The Morgan fingerprint density at radius 3 is 2.50 bits per heavy atom. The molecule has 0 aliphatic rings. The molecule has 2 aromatic carbocycles. The largest absolute Gasteiger partial charge is 0.331 e. The number of hydrogen-bond donors (Lipinski definition) is 0. The van der Waals surface area contributed by atoms with E-state index in [0.717, 1.165) is 28.1 Å². The fourth-order valence-corrected chi connectivity index (χ4v) is 3.10. The first-order valence-corrected chi connectivity index (χ1v) is 7.80. The van der Waals surface area contributed by atoms with Gasteiger partial charge in [0.25, 0.3) is 0 Å². The van der Waals surface area contributed by atoms with Gasteiger partial charge in [0.15, 0.2) is 5.65 Å². The van der Waals surface area contributed by atoms with Crippen LogP contribution in [0.25, 0.3) is 16.7 Å². The van der Waals surface area contributed by atoms with Gasteiger partial charge >= 0.3 is 0 Å². The molecule has 4 aromatic rings. The highest BCUT2D eigenvalue weighted by molar-refractivity contribution is 5.86. The third-order valence-corrected chi connectivity index (χ3v) is 4.35. The Balaban J connectivity index is 2.11. The van der Waals surface area contributed by atoms with E-state index in [4.69, 9.17) is 4.98 Å². The Morgan fingerprint density at radius 2 is 1.75 bits per heavy atom. The van der Waals surface area contributed by atoms with Gasteiger partial charge in [-0.2, -0.15) is 5.26 Å². The summed E-state index contributed by atoms with van der Waals surface area (Å²) in [5.74, 6) is 0.987. The van der Waals surface area contributed by atoms with Crippen LogP contribution in [0.1, 0.15) is 11.1 Å². The lowest BCUT2D eigenvalue weighted by Crippen LogP contribution is -2.14. The lowest BCUT2D eigenvalue weighted by atomic mass is 10.1. The molecule has 0 bridgehead atoms. The summed E-state index contributed by atoms with van der Waals surface area (Å²) in [6.07, 6.45) is 0. The Morgan fingerprint density at radius 1 is 1.04 bits per heavy atom. The average Bonchev–Trinajstić information content (AvgIpc) is 3.00. The second-order valence-corrected chi connectivity index (χ2v) is 5.83. The minimum atomic E-state index is 0.622. The molecule has 0 saturated carbocycles. The molecule has 4 nitrogen and oxygen atoms in total. The maximum Gasteiger partial charge on any atom is 0.157 e. The third-order valence-electron chi connectivity index (χ3n) is 4.35. The van der Waals surface area contributed by atoms with Gasteiger partial charge in [-0.1, -0.05) is 30.3 Å². The first-order chi connectivity index (χ1) is 11.7. The van der Waals surface area contributed by atoms with Gasteiger partial charge in [0.2, 0.25) is 0 Å². The van der Waals surface area contributed by atoms with E-state index < -0.39 is 0 Å². The van der Waals surface area contributed by atoms with Crippen molar-refractivity contribution in [2.75, 3.05) is 11.9 Å². The number of para-hydroxylation sites is 3. The highest BCUT2D eigenvalue weighted by atomic mass is 15.2. The molecule has 0 spiro atoms. The third kappa shape index (κ3) is 2.03. The number of pyridine rings is 1. The topological polar surface area (TPSA) is 44.3 Å². The summed E-state index contributed by atoms with van der Waals surface area (Å²) < 4.78 is 2.06. The van der Waals surface area contributed by atoms with Crippen LogP contribution in [0.15, 0.2) is 60.7 Å². The number of nitrogens with zero attached hydrogens (tertiary/aromatic N) is 4. The second kappa shape index (κ2) is 5.39. The first kappa shape index (κ1) is 14.3. The summed E-state index contributed by atoms with van der Waals surface area (Å²) in [6.45, 7) is 1.96. The van der Waals surface area contributed by atoms with Gasteiger partial charge in [-0.05, 0) is 42.8 Å². The van der Waals surface area contributed by atoms with Gasteiger partial charge in [0, 0.05) is 12.7 Å². The number of aromatic nitrogens is 2. The van der Waals surface area contributed by atoms with Crippen molar-refractivity contribution in [1.29, 1.82) is 5.26 Å². The van der Waals surface area contributed by atoms with E-state index in [2.05, 4.69) is 27.5 Å². The van der Waals surface area contributed by atoms with Crippen LogP contribution in [0.4, 0.5) is 11.5 Å². The maximum absolute atomic E-state index is 9.57. The van der Waals surface area contributed by atoms with Crippen molar-refractivity contribution in [3.63, 3.8) is 0 Å². The van der Waals surface area contributed by atoms with Crippen LogP contribution in [-0.2, 0) is 0 Å². The van der Waals surface area contributed by atoms with E-state index in [1.807, 2.05) is 62.5 Å². The van der Waals surface area contributed by atoms with E-state index in [-0.39, 0.29) is 0 Å². The van der Waals surface area contributed by atoms with Crippen molar-refractivity contribution in [3.8, 4) is 6.07 Å². The van der Waals surface area contributed by atoms with Crippen molar-refractivity contribution < 1.29 is 0 Å².